The third-order valence-corrected chi connectivity index (χ3v) is 4.32. The summed E-state index contributed by atoms with van der Waals surface area (Å²) in [5, 5.41) is 9.83. The van der Waals surface area contributed by atoms with E-state index < -0.39 is 5.97 Å². The standard InChI is InChI=1S/C17H13NO2S/c18-16-14(17(19)20)13(11-7-3-1-4-8-11)15(21-16)12-9-5-2-6-10-12/h1-10H,18H2,(H,19,20). The van der Waals surface area contributed by atoms with Crippen LogP contribution in [0.5, 0.6) is 0 Å². The van der Waals surface area contributed by atoms with E-state index in [1.54, 1.807) is 0 Å². The molecule has 0 spiro atoms. The third kappa shape index (κ3) is 2.41. The van der Waals surface area contributed by atoms with Gasteiger partial charge in [-0.05, 0) is 11.1 Å². The summed E-state index contributed by atoms with van der Waals surface area (Å²) in [6.45, 7) is 0. The highest BCUT2D eigenvalue weighted by Crippen LogP contribution is 2.44. The zero-order chi connectivity index (χ0) is 14.8. The van der Waals surface area contributed by atoms with E-state index in [-0.39, 0.29) is 5.56 Å². The van der Waals surface area contributed by atoms with Crippen molar-refractivity contribution in [2.75, 3.05) is 5.73 Å². The molecule has 0 bridgehead atoms. The smallest absolute Gasteiger partial charge is 0.339 e. The summed E-state index contributed by atoms with van der Waals surface area (Å²) in [4.78, 5) is 12.5. The lowest BCUT2D eigenvalue weighted by Crippen LogP contribution is -2.00. The normalized spacial score (nSPS) is 10.5. The molecule has 1 aromatic heterocycles. The summed E-state index contributed by atoms with van der Waals surface area (Å²) in [6, 6.07) is 19.2. The Morgan fingerprint density at radius 2 is 1.43 bits per heavy atom. The van der Waals surface area contributed by atoms with E-state index >= 15 is 0 Å². The van der Waals surface area contributed by atoms with Crippen LogP contribution in [0, 0.1) is 0 Å². The van der Waals surface area contributed by atoms with Crippen LogP contribution in [0.25, 0.3) is 21.6 Å². The number of benzene rings is 2. The number of hydrogen-bond acceptors (Lipinski definition) is 3. The Bertz CT molecular complexity index is 779. The average Bonchev–Trinajstić information content (AvgIpc) is 2.86. The second-order valence-electron chi connectivity index (χ2n) is 4.58. The number of carbonyl (C=O) groups is 1. The summed E-state index contributed by atoms with van der Waals surface area (Å²) in [7, 11) is 0. The maximum absolute atomic E-state index is 11.6. The number of thiophene rings is 1. The molecule has 3 rings (SSSR count). The predicted molar refractivity (Wildman–Crippen MR) is 86.6 cm³/mol. The third-order valence-electron chi connectivity index (χ3n) is 3.25. The molecule has 4 heteroatoms. The molecule has 0 saturated heterocycles. The Labute approximate surface area is 126 Å². The van der Waals surface area contributed by atoms with Crippen LogP contribution in [-0.4, -0.2) is 11.1 Å². The van der Waals surface area contributed by atoms with Gasteiger partial charge in [0.05, 0.1) is 0 Å². The number of nitrogens with two attached hydrogens (primary N) is 1. The van der Waals surface area contributed by atoms with Gasteiger partial charge in [0.2, 0.25) is 0 Å². The highest BCUT2D eigenvalue weighted by molar-refractivity contribution is 7.20. The van der Waals surface area contributed by atoms with E-state index in [2.05, 4.69) is 0 Å². The van der Waals surface area contributed by atoms with Crippen molar-refractivity contribution in [3.63, 3.8) is 0 Å². The highest BCUT2D eigenvalue weighted by atomic mass is 32.1. The lowest BCUT2D eigenvalue weighted by molar-refractivity contribution is 0.0699. The van der Waals surface area contributed by atoms with Crippen molar-refractivity contribution in [2.24, 2.45) is 0 Å². The first-order valence-electron chi connectivity index (χ1n) is 6.45. The van der Waals surface area contributed by atoms with E-state index in [0.717, 1.165) is 16.0 Å². The molecule has 0 fully saturated rings. The molecule has 2 aromatic carbocycles. The minimum Gasteiger partial charge on any atom is -0.478 e. The summed E-state index contributed by atoms with van der Waals surface area (Å²) in [5.41, 5.74) is 8.67. The summed E-state index contributed by atoms with van der Waals surface area (Å²) in [5.74, 6) is -0.996. The second-order valence-corrected chi connectivity index (χ2v) is 5.63. The van der Waals surface area contributed by atoms with Crippen LogP contribution >= 0.6 is 11.3 Å². The molecular formula is C17H13NO2S. The molecule has 0 unspecified atom stereocenters. The number of anilines is 1. The molecular weight excluding hydrogens is 282 g/mol. The molecule has 0 aliphatic heterocycles. The molecule has 0 atom stereocenters. The van der Waals surface area contributed by atoms with Crippen molar-refractivity contribution >= 4 is 22.3 Å². The Kier molecular flexibility index (Phi) is 3.46. The lowest BCUT2D eigenvalue weighted by atomic mass is 9.98. The first-order chi connectivity index (χ1) is 10.2. The Balaban J connectivity index is 2.32. The largest absolute Gasteiger partial charge is 0.478 e. The van der Waals surface area contributed by atoms with Crippen LogP contribution in [0.2, 0.25) is 0 Å². The van der Waals surface area contributed by atoms with Crippen molar-refractivity contribution in [3.05, 3.63) is 66.2 Å². The maximum atomic E-state index is 11.6. The van der Waals surface area contributed by atoms with Crippen molar-refractivity contribution in [2.45, 2.75) is 0 Å². The van der Waals surface area contributed by atoms with E-state index in [1.165, 1.54) is 11.3 Å². The van der Waals surface area contributed by atoms with Gasteiger partial charge in [0, 0.05) is 10.4 Å². The number of carboxylic acid groups (broad SMARTS) is 1. The molecule has 21 heavy (non-hydrogen) atoms. The number of rotatable bonds is 3. The van der Waals surface area contributed by atoms with Gasteiger partial charge in [-0.2, -0.15) is 0 Å². The Morgan fingerprint density at radius 1 is 0.905 bits per heavy atom. The topological polar surface area (TPSA) is 63.3 Å². The minimum atomic E-state index is -0.996. The first-order valence-corrected chi connectivity index (χ1v) is 7.26. The van der Waals surface area contributed by atoms with Crippen molar-refractivity contribution in [1.82, 2.24) is 0 Å². The molecule has 104 valence electrons. The van der Waals surface area contributed by atoms with Gasteiger partial charge in [-0.25, -0.2) is 4.79 Å². The van der Waals surface area contributed by atoms with Gasteiger partial charge in [-0.1, -0.05) is 60.7 Å². The number of carboxylic acids is 1. The van der Waals surface area contributed by atoms with Crippen molar-refractivity contribution in [3.8, 4) is 21.6 Å². The zero-order valence-electron chi connectivity index (χ0n) is 11.1. The number of nitrogen functional groups attached to an aromatic ring is 1. The Morgan fingerprint density at radius 3 is 1.95 bits per heavy atom. The van der Waals surface area contributed by atoms with Crippen LogP contribution in [0.3, 0.4) is 0 Å². The fraction of sp³-hybridized carbons (Fsp3) is 0. The lowest BCUT2D eigenvalue weighted by Gasteiger charge is -2.06. The molecule has 0 saturated carbocycles. The van der Waals surface area contributed by atoms with Crippen LogP contribution in [0.1, 0.15) is 10.4 Å². The van der Waals surface area contributed by atoms with Gasteiger partial charge in [0.15, 0.2) is 0 Å². The van der Waals surface area contributed by atoms with Gasteiger partial charge in [-0.3, -0.25) is 0 Å². The predicted octanol–water partition coefficient (Wildman–Crippen LogP) is 4.36. The molecule has 0 aliphatic rings. The number of aromatic carboxylic acids is 1. The van der Waals surface area contributed by atoms with Crippen LogP contribution < -0.4 is 5.73 Å². The van der Waals surface area contributed by atoms with E-state index in [9.17, 15) is 9.90 Å². The SMILES string of the molecule is Nc1sc(-c2ccccc2)c(-c2ccccc2)c1C(=O)O. The molecule has 3 nitrogen and oxygen atoms in total. The van der Waals surface area contributed by atoms with Gasteiger partial charge in [-0.15, -0.1) is 11.3 Å². The molecule has 1 heterocycles. The van der Waals surface area contributed by atoms with Gasteiger partial charge >= 0.3 is 5.97 Å². The van der Waals surface area contributed by atoms with Crippen LogP contribution in [0.15, 0.2) is 60.7 Å². The van der Waals surface area contributed by atoms with E-state index in [0.29, 0.717) is 10.6 Å². The zero-order valence-corrected chi connectivity index (χ0v) is 11.9. The fourth-order valence-corrected chi connectivity index (χ4v) is 3.42. The van der Waals surface area contributed by atoms with Gasteiger partial charge in [0.1, 0.15) is 10.6 Å². The van der Waals surface area contributed by atoms with Crippen molar-refractivity contribution in [1.29, 1.82) is 0 Å². The maximum Gasteiger partial charge on any atom is 0.339 e. The molecule has 0 aliphatic carbocycles. The highest BCUT2D eigenvalue weighted by Gasteiger charge is 2.23. The first kappa shape index (κ1) is 13.4. The van der Waals surface area contributed by atoms with E-state index in [4.69, 9.17) is 5.73 Å². The second kappa shape index (κ2) is 5.42. The summed E-state index contributed by atoms with van der Waals surface area (Å²) < 4.78 is 0. The van der Waals surface area contributed by atoms with Crippen LogP contribution in [-0.2, 0) is 0 Å². The average molecular weight is 295 g/mol. The molecule has 3 aromatic rings. The number of hydrogen-bond donors (Lipinski definition) is 2. The molecule has 3 N–H and O–H groups in total. The van der Waals surface area contributed by atoms with Crippen LogP contribution in [0.4, 0.5) is 5.00 Å². The van der Waals surface area contributed by atoms with Gasteiger partial charge in [0.25, 0.3) is 0 Å². The Hall–Kier alpha value is -2.59. The molecule has 0 radical (unpaired) electrons. The van der Waals surface area contributed by atoms with Crippen molar-refractivity contribution < 1.29 is 9.90 Å². The minimum absolute atomic E-state index is 0.185. The summed E-state index contributed by atoms with van der Waals surface area (Å²) in [6.07, 6.45) is 0. The summed E-state index contributed by atoms with van der Waals surface area (Å²) >= 11 is 1.31. The van der Waals surface area contributed by atoms with E-state index in [1.807, 2.05) is 60.7 Å². The quantitative estimate of drug-likeness (QED) is 0.754. The monoisotopic (exact) mass is 295 g/mol. The molecule has 0 amide bonds. The van der Waals surface area contributed by atoms with Gasteiger partial charge < -0.3 is 10.8 Å². The fourth-order valence-electron chi connectivity index (χ4n) is 2.33.